The molecule has 0 saturated heterocycles. The molecule has 0 radical (unpaired) electrons. The van der Waals surface area contributed by atoms with Crippen LogP contribution in [-0.4, -0.2) is 50.6 Å². The molecule has 0 aliphatic heterocycles. The molecule has 1 fully saturated rings. The molecular weight excluding hydrogens is 462 g/mol. The molecular formula is C19H30FIN4O2. The number of nitrogens with one attached hydrogen (secondary N) is 2. The fraction of sp³-hybridized carbons (Fsp3) is 0.579. The summed E-state index contributed by atoms with van der Waals surface area (Å²) in [6.45, 7) is 5.16. The summed E-state index contributed by atoms with van der Waals surface area (Å²) in [5.74, 6) is 0.952. The van der Waals surface area contributed by atoms with Crippen LogP contribution in [-0.2, 0) is 4.79 Å². The van der Waals surface area contributed by atoms with Crippen molar-refractivity contribution in [2.75, 3.05) is 33.8 Å². The Balaban J connectivity index is 0.00000364. The van der Waals surface area contributed by atoms with E-state index in [4.69, 9.17) is 4.74 Å². The van der Waals surface area contributed by atoms with Crippen molar-refractivity contribution in [3.05, 3.63) is 29.6 Å². The highest BCUT2D eigenvalue weighted by atomic mass is 127. The van der Waals surface area contributed by atoms with Gasteiger partial charge in [-0.2, -0.15) is 0 Å². The van der Waals surface area contributed by atoms with Crippen LogP contribution in [0.5, 0.6) is 5.75 Å². The Bertz CT molecular complexity index is 651. The number of ether oxygens (including phenoxy) is 1. The van der Waals surface area contributed by atoms with Crippen LogP contribution < -0.4 is 15.4 Å². The van der Waals surface area contributed by atoms with Crippen molar-refractivity contribution < 1.29 is 13.9 Å². The Morgan fingerprint density at radius 2 is 2.11 bits per heavy atom. The Morgan fingerprint density at radius 3 is 2.67 bits per heavy atom. The third kappa shape index (κ3) is 7.90. The first-order valence-electron chi connectivity index (χ1n) is 9.08. The van der Waals surface area contributed by atoms with E-state index in [0.717, 1.165) is 5.56 Å². The summed E-state index contributed by atoms with van der Waals surface area (Å²) in [5, 5.41) is 6.29. The maximum absolute atomic E-state index is 14.3. The van der Waals surface area contributed by atoms with E-state index in [-0.39, 0.29) is 48.3 Å². The van der Waals surface area contributed by atoms with Gasteiger partial charge in [0.05, 0.1) is 12.6 Å². The molecule has 0 spiro atoms. The van der Waals surface area contributed by atoms with E-state index in [1.54, 1.807) is 20.2 Å². The van der Waals surface area contributed by atoms with Gasteiger partial charge in [0.15, 0.2) is 17.5 Å². The van der Waals surface area contributed by atoms with Gasteiger partial charge in [-0.05, 0) is 50.3 Å². The Morgan fingerprint density at radius 1 is 1.41 bits per heavy atom. The van der Waals surface area contributed by atoms with Gasteiger partial charge >= 0.3 is 0 Å². The highest BCUT2D eigenvalue weighted by Crippen LogP contribution is 2.30. The molecule has 1 amide bonds. The first kappa shape index (κ1) is 23.5. The summed E-state index contributed by atoms with van der Waals surface area (Å²) in [7, 11) is 3.38. The second-order valence-electron chi connectivity index (χ2n) is 6.79. The van der Waals surface area contributed by atoms with Crippen LogP contribution in [0, 0.1) is 11.7 Å². The van der Waals surface area contributed by atoms with Crippen LogP contribution >= 0.6 is 24.0 Å². The van der Waals surface area contributed by atoms with E-state index >= 15 is 0 Å². The molecule has 1 aromatic carbocycles. The highest BCUT2D eigenvalue weighted by molar-refractivity contribution is 14.0. The lowest BCUT2D eigenvalue weighted by molar-refractivity contribution is -0.127. The van der Waals surface area contributed by atoms with E-state index < -0.39 is 0 Å². The maximum Gasteiger partial charge on any atom is 0.243 e. The molecule has 27 heavy (non-hydrogen) atoms. The molecule has 1 aliphatic carbocycles. The van der Waals surface area contributed by atoms with Crippen LogP contribution in [0.4, 0.5) is 4.39 Å². The molecule has 1 saturated carbocycles. The highest BCUT2D eigenvalue weighted by Gasteiger charge is 2.22. The van der Waals surface area contributed by atoms with Gasteiger partial charge in [0, 0.05) is 20.6 Å². The van der Waals surface area contributed by atoms with Gasteiger partial charge in [-0.1, -0.05) is 6.07 Å². The van der Waals surface area contributed by atoms with E-state index in [0.29, 0.717) is 30.8 Å². The number of hydrogen-bond donors (Lipinski definition) is 2. The van der Waals surface area contributed by atoms with E-state index in [9.17, 15) is 9.18 Å². The van der Waals surface area contributed by atoms with Crippen LogP contribution in [0.15, 0.2) is 23.2 Å². The van der Waals surface area contributed by atoms with Crippen molar-refractivity contribution in [2.24, 2.45) is 10.9 Å². The number of benzene rings is 1. The van der Waals surface area contributed by atoms with Crippen LogP contribution in [0.1, 0.15) is 38.3 Å². The van der Waals surface area contributed by atoms with E-state index in [1.807, 2.05) is 19.9 Å². The van der Waals surface area contributed by atoms with Gasteiger partial charge in [-0.3, -0.25) is 4.79 Å². The van der Waals surface area contributed by atoms with Crippen molar-refractivity contribution in [2.45, 2.75) is 32.7 Å². The Hall–Kier alpha value is -1.58. The molecule has 2 rings (SSSR count). The molecule has 1 unspecified atom stereocenters. The standard InChI is InChI=1S/C19H29FN4O2.HI/c1-5-21-19(22-11-18(25)24(3)4)23-13(2)15-8-9-17(16(20)10-15)26-12-14-6-7-14;/h8-10,13-14H,5-7,11-12H2,1-4H3,(H2,21,22,23);1H. The molecule has 0 heterocycles. The predicted octanol–water partition coefficient (Wildman–Crippen LogP) is 2.94. The van der Waals surface area contributed by atoms with Crippen molar-refractivity contribution >= 4 is 35.8 Å². The minimum atomic E-state index is -0.360. The zero-order valence-corrected chi connectivity index (χ0v) is 18.7. The molecule has 1 aliphatic rings. The van der Waals surface area contributed by atoms with E-state index in [1.165, 1.54) is 23.8 Å². The number of amides is 1. The zero-order valence-electron chi connectivity index (χ0n) is 16.4. The van der Waals surface area contributed by atoms with Crippen LogP contribution in [0.25, 0.3) is 0 Å². The average Bonchev–Trinajstić information content (AvgIpc) is 3.42. The zero-order chi connectivity index (χ0) is 19.1. The van der Waals surface area contributed by atoms with Crippen LogP contribution in [0.3, 0.4) is 0 Å². The van der Waals surface area contributed by atoms with E-state index in [2.05, 4.69) is 15.6 Å². The number of guanidine groups is 1. The van der Waals surface area contributed by atoms with Crippen molar-refractivity contribution in [3.8, 4) is 5.75 Å². The monoisotopic (exact) mass is 492 g/mol. The van der Waals surface area contributed by atoms with Gasteiger partial charge in [0.1, 0.15) is 6.54 Å². The molecule has 0 aromatic heterocycles. The van der Waals surface area contributed by atoms with Crippen molar-refractivity contribution in [1.82, 2.24) is 15.5 Å². The Kier molecular flexibility index (Phi) is 9.82. The average molecular weight is 492 g/mol. The SMILES string of the molecule is CCNC(=NCC(=O)N(C)C)NC(C)c1ccc(OCC2CC2)c(F)c1.I. The Labute approximate surface area is 178 Å². The summed E-state index contributed by atoms with van der Waals surface area (Å²) in [4.78, 5) is 17.5. The minimum Gasteiger partial charge on any atom is -0.490 e. The van der Waals surface area contributed by atoms with Gasteiger partial charge in [-0.15, -0.1) is 24.0 Å². The number of rotatable bonds is 8. The first-order valence-corrected chi connectivity index (χ1v) is 9.08. The third-order valence-electron chi connectivity index (χ3n) is 4.20. The normalized spacial score (nSPS) is 14.8. The largest absolute Gasteiger partial charge is 0.490 e. The number of nitrogens with zero attached hydrogens (tertiary/aromatic N) is 2. The lowest BCUT2D eigenvalue weighted by atomic mass is 10.1. The third-order valence-corrected chi connectivity index (χ3v) is 4.20. The summed E-state index contributed by atoms with van der Waals surface area (Å²) in [5.41, 5.74) is 0.783. The van der Waals surface area contributed by atoms with Crippen molar-refractivity contribution in [1.29, 1.82) is 0 Å². The number of halogens is 2. The van der Waals surface area contributed by atoms with Crippen LogP contribution in [0.2, 0.25) is 0 Å². The predicted molar refractivity (Wildman–Crippen MR) is 116 cm³/mol. The lowest BCUT2D eigenvalue weighted by Gasteiger charge is -2.19. The van der Waals surface area contributed by atoms with Crippen molar-refractivity contribution in [3.63, 3.8) is 0 Å². The fourth-order valence-corrected chi connectivity index (χ4v) is 2.29. The number of aliphatic imine (C=N–C) groups is 1. The summed E-state index contributed by atoms with van der Waals surface area (Å²) in [6, 6.07) is 4.82. The lowest BCUT2D eigenvalue weighted by Crippen LogP contribution is -2.39. The second-order valence-corrected chi connectivity index (χ2v) is 6.79. The molecule has 1 aromatic rings. The fourth-order valence-electron chi connectivity index (χ4n) is 2.29. The summed E-state index contributed by atoms with van der Waals surface area (Å²) in [6.07, 6.45) is 2.34. The topological polar surface area (TPSA) is 66.0 Å². The summed E-state index contributed by atoms with van der Waals surface area (Å²) < 4.78 is 19.8. The molecule has 6 nitrogen and oxygen atoms in total. The van der Waals surface area contributed by atoms with Gasteiger partial charge in [0.25, 0.3) is 0 Å². The molecule has 1 atom stereocenters. The second kappa shape index (κ2) is 11.3. The number of carbonyl (C=O) groups is 1. The number of hydrogen-bond acceptors (Lipinski definition) is 3. The molecule has 0 bridgehead atoms. The molecule has 8 heteroatoms. The summed E-state index contributed by atoms with van der Waals surface area (Å²) >= 11 is 0. The van der Waals surface area contributed by atoms with Gasteiger partial charge < -0.3 is 20.3 Å². The van der Waals surface area contributed by atoms with Gasteiger partial charge in [-0.25, -0.2) is 9.38 Å². The first-order chi connectivity index (χ1) is 12.4. The quantitative estimate of drug-likeness (QED) is 0.333. The smallest absolute Gasteiger partial charge is 0.243 e. The maximum atomic E-state index is 14.3. The number of carbonyl (C=O) groups excluding carboxylic acids is 1. The number of likely N-dealkylation sites (N-methyl/N-ethyl adjacent to an activating group) is 1. The van der Waals surface area contributed by atoms with Gasteiger partial charge in [0.2, 0.25) is 5.91 Å². The minimum absolute atomic E-state index is 0. The molecule has 152 valence electrons. The molecule has 2 N–H and O–H groups in total.